The van der Waals surface area contributed by atoms with Gasteiger partial charge in [0.25, 0.3) is 0 Å². The molecule has 2 amide bonds. The van der Waals surface area contributed by atoms with Gasteiger partial charge in [-0.05, 0) is 78.1 Å². The Morgan fingerprint density at radius 3 is 2.12 bits per heavy atom. The summed E-state index contributed by atoms with van der Waals surface area (Å²) in [5, 5.41) is 3.00. The van der Waals surface area contributed by atoms with Gasteiger partial charge in [-0.2, -0.15) is 0 Å². The van der Waals surface area contributed by atoms with E-state index in [1.807, 2.05) is 84.0 Å². The van der Waals surface area contributed by atoms with Gasteiger partial charge in [0, 0.05) is 18.5 Å². The predicted octanol–water partition coefficient (Wildman–Crippen LogP) is 5.06. The van der Waals surface area contributed by atoms with Crippen molar-refractivity contribution in [3.05, 3.63) is 59.2 Å². The number of rotatable bonds is 11. The number of hydrogen-bond donors (Lipinski definition) is 1. The van der Waals surface area contributed by atoms with Crippen LogP contribution in [0.3, 0.4) is 0 Å². The molecule has 6 heteroatoms. The summed E-state index contributed by atoms with van der Waals surface area (Å²) in [7, 11) is 0. The molecular weight excluding hydrogens is 428 g/mol. The van der Waals surface area contributed by atoms with Crippen molar-refractivity contribution in [1.29, 1.82) is 0 Å². The van der Waals surface area contributed by atoms with Crippen LogP contribution in [0.2, 0.25) is 0 Å². The maximum atomic E-state index is 13.4. The first-order valence-electron chi connectivity index (χ1n) is 12.1. The van der Waals surface area contributed by atoms with Gasteiger partial charge in [0.2, 0.25) is 11.8 Å². The van der Waals surface area contributed by atoms with Crippen molar-refractivity contribution < 1.29 is 19.1 Å². The fourth-order valence-corrected chi connectivity index (χ4v) is 3.59. The first-order chi connectivity index (χ1) is 16.0. The second kappa shape index (κ2) is 12.4. The molecule has 0 radical (unpaired) electrons. The quantitative estimate of drug-likeness (QED) is 0.501. The summed E-state index contributed by atoms with van der Waals surface area (Å²) in [4.78, 5) is 27.9. The minimum absolute atomic E-state index is 0.0658. The van der Waals surface area contributed by atoms with E-state index >= 15 is 0 Å². The SMILES string of the molecule is CCOc1ccc(CCC(=O)N(Cc2ccc(C)cc2)C(C)C(=O)NC(C)(C)C)cc1OCC. The number of carbonyl (C=O) groups excluding carboxylic acids is 2. The van der Waals surface area contributed by atoms with Crippen LogP contribution in [0, 0.1) is 6.92 Å². The number of benzene rings is 2. The Kier molecular flexibility index (Phi) is 9.97. The van der Waals surface area contributed by atoms with Crippen LogP contribution in [0.5, 0.6) is 11.5 Å². The number of nitrogens with one attached hydrogen (secondary N) is 1. The van der Waals surface area contributed by atoms with E-state index in [0.29, 0.717) is 44.1 Å². The van der Waals surface area contributed by atoms with Gasteiger partial charge < -0.3 is 19.7 Å². The maximum Gasteiger partial charge on any atom is 0.242 e. The molecule has 0 saturated carbocycles. The van der Waals surface area contributed by atoms with Gasteiger partial charge in [-0.25, -0.2) is 0 Å². The predicted molar refractivity (Wildman–Crippen MR) is 136 cm³/mol. The van der Waals surface area contributed by atoms with Gasteiger partial charge in [0.1, 0.15) is 6.04 Å². The number of ether oxygens (including phenoxy) is 2. The molecular formula is C28H40N2O4. The van der Waals surface area contributed by atoms with E-state index < -0.39 is 6.04 Å². The summed E-state index contributed by atoms with van der Waals surface area (Å²) < 4.78 is 11.4. The Balaban J connectivity index is 2.19. The average molecular weight is 469 g/mol. The van der Waals surface area contributed by atoms with Crippen LogP contribution in [0.1, 0.15) is 64.7 Å². The lowest BCUT2D eigenvalue weighted by molar-refractivity contribution is -0.141. The molecule has 0 saturated heterocycles. The molecule has 1 unspecified atom stereocenters. The molecule has 0 spiro atoms. The van der Waals surface area contributed by atoms with E-state index in [9.17, 15) is 9.59 Å². The molecule has 6 nitrogen and oxygen atoms in total. The third-order valence-electron chi connectivity index (χ3n) is 5.37. The molecule has 0 aromatic heterocycles. The molecule has 1 atom stereocenters. The van der Waals surface area contributed by atoms with Crippen LogP contribution in [0.15, 0.2) is 42.5 Å². The van der Waals surface area contributed by atoms with Crippen LogP contribution < -0.4 is 14.8 Å². The summed E-state index contributed by atoms with van der Waals surface area (Å²) in [5.41, 5.74) is 2.76. The van der Waals surface area contributed by atoms with Crippen molar-refractivity contribution in [2.24, 2.45) is 0 Å². The third-order valence-corrected chi connectivity index (χ3v) is 5.37. The molecule has 186 valence electrons. The van der Waals surface area contributed by atoms with Crippen molar-refractivity contribution in [3.63, 3.8) is 0 Å². The average Bonchev–Trinajstić information content (AvgIpc) is 2.77. The van der Waals surface area contributed by atoms with Crippen molar-refractivity contribution in [2.75, 3.05) is 13.2 Å². The normalized spacial score (nSPS) is 12.1. The Morgan fingerprint density at radius 1 is 0.941 bits per heavy atom. The monoisotopic (exact) mass is 468 g/mol. The van der Waals surface area contributed by atoms with E-state index in [1.54, 1.807) is 11.8 Å². The maximum absolute atomic E-state index is 13.4. The van der Waals surface area contributed by atoms with Gasteiger partial charge >= 0.3 is 0 Å². The third kappa shape index (κ3) is 8.40. The van der Waals surface area contributed by atoms with Gasteiger partial charge in [-0.3, -0.25) is 9.59 Å². The summed E-state index contributed by atoms with van der Waals surface area (Å²) in [6.45, 7) is 15.0. The minimum Gasteiger partial charge on any atom is -0.490 e. The Bertz CT molecular complexity index is 948. The Labute approximate surface area is 204 Å². The molecule has 34 heavy (non-hydrogen) atoms. The highest BCUT2D eigenvalue weighted by atomic mass is 16.5. The zero-order valence-corrected chi connectivity index (χ0v) is 21.7. The van der Waals surface area contributed by atoms with Gasteiger partial charge in [0.05, 0.1) is 13.2 Å². The lowest BCUT2D eigenvalue weighted by Gasteiger charge is -2.31. The van der Waals surface area contributed by atoms with Gasteiger partial charge in [-0.15, -0.1) is 0 Å². The van der Waals surface area contributed by atoms with Crippen molar-refractivity contribution in [2.45, 2.75) is 79.4 Å². The van der Waals surface area contributed by atoms with E-state index in [0.717, 1.165) is 16.7 Å². The van der Waals surface area contributed by atoms with Gasteiger partial charge in [0.15, 0.2) is 11.5 Å². The molecule has 0 aliphatic carbocycles. The highest BCUT2D eigenvalue weighted by Crippen LogP contribution is 2.29. The standard InChI is InChI=1S/C28H40N2O4/c1-8-33-24-16-14-22(18-25(24)34-9-2)15-17-26(31)30(19-23-12-10-20(3)11-13-23)21(4)27(32)29-28(5,6)7/h10-14,16,18,21H,8-9,15,17,19H2,1-7H3,(H,29,32). The molecule has 0 bridgehead atoms. The first-order valence-corrected chi connectivity index (χ1v) is 12.1. The Morgan fingerprint density at radius 2 is 1.53 bits per heavy atom. The largest absolute Gasteiger partial charge is 0.490 e. The van der Waals surface area contributed by atoms with E-state index in [1.165, 1.54) is 0 Å². The van der Waals surface area contributed by atoms with E-state index in [-0.39, 0.29) is 17.4 Å². The summed E-state index contributed by atoms with van der Waals surface area (Å²) >= 11 is 0. The van der Waals surface area contributed by atoms with Crippen LogP contribution in [-0.4, -0.2) is 41.5 Å². The molecule has 2 aromatic carbocycles. The highest BCUT2D eigenvalue weighted by molar-refractivity contribution is 5.87. The second-order valence-corrected chi connectivity index (χ2v) is 9.57. The Hall–Kier alpha value is -3.02. The highest BCUT2D eigenvalue weighted by Gasteiger charge is 2.28. The zero-order chi connectivity index (χ0) is 25.3. The molecule has 0 heterocycles. The number of nitrogens with zero attached hydrogens (tertiary/aromatic N) is 1. The minimum atomic E-state index is -0.590. The summed E-state index contributed by atoms with van der Waals surface area (Å²) in [6, 6.07) is 13.2. The molecule has 0 aliphatic heterocycles. The van der Waals surface area contributed by atoms with Gasteiger partial charge in [-0.1, -0.05) is 35.9 Å². The molecule has 2 aromatic rings. The summed E-state index contributed by atoms with van der Waals surface area (Å²) in [5.74, 6) is 1.16. The summed E-state index contributed by atoms with van der Waals surface area (Å²) in [6.07, 6.45) is 0.835. The first kappa shape index (κ1) is 27.2. The number of amides is 2. The van der Waals surface area contributed by atoms with Crippen LogP contribution >= 0.6 is 0 Å². The smallest absolute Gasteiger partial charge is 0.242 e. The van der Waals surface area contributed by atoms with E-state index in [2.05, 4.69) is 5.32 Å². The van der Waals surface area contributed by atoms with Crippen molar-refractivity contribution >= 4 is 11.8 Å². The van der Waals surface area contributed by atoms with E-state index in [4.69, 9.17) is 9.47 Å². The topological polar surface area (TPSA) is 67.9 Å². The lowest BCUT2D eigenvalue weighted by atomic mass is 10.1. The molecule has 0 aliphatic rings. The fraction of sp³-hybridized carbons (Fsp3) is 0.500. The van der Waals surface area contributed by atoms with Crippen LogP contribution in [-0.2, 0) is 22.6 Å². The zero-order valence-electron chi connectivity index (χ0n) is 21.7. The molecule has 0 fully saturated rings. The lowest BCUT2D eigenvalue weighted by Crippen LogP contribution is -2.52. The number of hydrogen-bond acceptors (Lipinski definition) is 4. The van der Waals surface area contributed by atoms with Crippen molar-refractivity contribution in [1.82, 2.24) is 10.2 Å². The second-order valence-electron chi connectivity index (χ2n) is 9.57. The molecule has 2 rings (SSSR count). The van der Waals surface area contributed by atoms with Crippen LogP contribution in [0.25, 0.3) is 0 Å². The molecule has 1 N–H and O–H groups in total. The van der Waals surface area contributed by atoms with Crippen LogP contribution in [0.4, 0.5) is 0 Å². The van der Waals surface area contributed by atoms with Crippen molar-refractivity contribution in [3.8, 4) is 11.5 Å². The number of aryl methyl sites for hydroxylation is 2. The number of carbonyl (C=O) groups is 2. The fourth-order valence-electron chi connectivity index (χ4n) is 3.59.